The third-order valence-corrected chi connectivity index (χ3v) is 3.21. The number of nitrogens with zero attached hydrogens (tertiary/aromatic N) is 1. The molecule has 0 radical (unpaired) electrons. The van der Waals surface area contributed by atoms with E-state index in [-0.39, 0.29) is 6.04 Å². The van der Waals surface area contributed by atoms with Crippen LogP contribution in [0.3, 0.4) is 0 Å². The van der Waals surface area contributed by atoms with Gasteiger partial charge < -0.3 is 0 Å². The number of guanidine groups is 1. The van der Waals surface area contributed by atoms with Crippen LogP contribution in [0.15, 0.2) is 4.99 Å². The molecule has 1 heterocycles. The van der Waals surface area contributed by atoms with E-state index in [1.54, 1.807) is 0 Å². The molecule has 2 atom stereocenters. The average Bonchev–Trinajstić information content (AvgIpc) is 2.44. The van der Waals surface area contributed by atoms with Crippen molar-refractivity contribution in [1.82, 2.24) is 10.6 Å². The van der Waals surface area contributed by atoms with Crippen molar-refractivity contribution in [2.75, 3.05) is 0 Å². The Morgan fingerprint density at radius 3 is 2.44 bits per heavy atom. The zero-order valence-corrected chi connectivity index (χ0v) is 9.45. The minimum atomic E-state index is -0.610. The summed E-state index contributed by atoms with van der Waals surface area (Å²) in [5, 5.41) is 4.87. The lowest BCUT2D eigenvalue weighted by atomic mass is 10.0. The number of carbonyl (C=O) groups excluding carboxylic acids is 2. The number of hydrogen-bond donors (Lipinski definition) is 2. The molecule has 0 aromatic rings. The Morgan fingerprint density at radius 2 is 1.75 bits per heavy atom. The van der Waals surface area contributed by atoms with Crippen LogP contribution in [-0.4, -0.2) is 23.8 Å². The predicted molar refractivity (Wildman–Crippen MR) is 59.8 cm³/mol. The van der Waals surface area contributed by atoms with Gasteiger partial charge in [-0.25, -0.2) is 4.99 Å². The lowest BCUT2D eigenvalue weighted by molar-refractivity contribution is -0.135. The van der Waals surface area contributed by atoms with E-state index in [9.17, 15) is 9.59 Å². The van der Waals surface area contributed by atoms with E-state index in [1.807, 2.05) is 0 Å². The lowest BCUT2D eigenvalue weighted by Crippen LogP contribution is -2.27. The smallest absolute Gasteiger partial charge is 0.288 e. The highest BCUT2D eigenvalue weighted by Gasteiger charge is 2.26. The van der Waals surface area contributed by atoms with Gasteiger partial charge in [0.15, 0.2) is 0 Å². The summed E-state index contributed by atoms with van der Waals surface area (Å²) in [5.74, 6) is -0.131. The highest BCUT2D eigenvalue weighted by Crippen LogP contribution is 2.24. The van der Waals surface area contributed by atoms with Gasteiger partial charge in [0, 0.05) is 0 Å². The molecule has 1 aliphatic heterocycles. The summed E-state index contributed by atoms with van der Waals surface area (Å²) in [7, 11) is 0. The summed E-state index contributed by atoms with van der Waals surface area (Å²) in [6.45, 7) is 2.26. The van der Waals surface area contributed by atoms with Crippen LogP contribution in [0.5, 0.6) is 0 Å². The maximum absolute atomic E-state index is 10.9. The van der Waals surface area contributed by atoms with Crippen LogP contribution < -0.4 is 10.6 Å². The van der Waals surface area contributed by atoms with E-state index < -0.39 is 11.8 Å². The molecular formula is C11H17N3O2. The van der Waals surface area contributed by atoms with Gasteiger partial charge in [0.2, 0.25) is 5.96 Å². The van der Waals surface area contributed by atoms with Crippen LogP contribution in [-0.2, 0) is 9.59 Å². The van der Waals surface area contributed by atoms with Crippen molar-refractivity contribution in [1.29, 1.82) is 0 Å². The molecule has 2 fully saturated rings. The monoisotopic (exact) mass is 223 g/mol. The minimum Gasteiger partial charge on any atom is -0.288 e. The van der Waals surface area contributed by atoms with Crippen LogP contribution in [0, 0.1) is 5.92 Å². The summed E-state index contributed by atoms with van der Waals surface area (Å²) in [5.41, 5.74) is 0. The van der Waals surface area contributed by atoms with Crippen molar-refractivity contribution in [2.24, 2.45) is 10.9 Å². The molecule has 5 heteroatoms. The number of hydrogen-bond acceptors (Lipinski definition) is 3. The first kappa shape index (κ1) is 11.1. The number of rotatable bonds is 1. The van der Waals surface area contributed by atoms with E-state index in [4.69, 9.17) is 0 Å². The first-order valence-electron chi connectivity index (χ1n) is 5.85. The SMILES string of the molecule is CC1CCCC(N=C2NC(=O)C(=O)N2)CC1. The van der Waals surface area contributed by atoms with Crippen LogP contribution in [0.1, 0.15) is 39.0 Å². The average molecular weight is 223 g/mol. The Kier molecular flexibility index (Phi) is 3.22. The van der Waals surface area contributed by atoms with Crippen LogP contribution in [0.4, 0.5) is 0 Å². The van der Waals surface area contributed by atoms with Crippen molar-refractivity contribution in [2.45, 2.75) is 45.1 Å². The van der Waals surface area contributed by atoms with E-state index >= 15 is 0 Å². The van der Waals surface area contributed by atoms with Crippen molar-refractivity contribution >= 4 is 17.8 Å². The summed E-state index contributed by atoms with van der Waals surface area (Å²) in [4.78, 5) is 26.3. The number of amides is 2. The van der Waals surface area contributed by atoms with Gasteiger partial charge in [-0.1, -0.05) is 19.8 Å². The molecule has 0 aromatic carbocycles. The molecule has 0 spiro atoms. The normalized spacial score (nSPS) is 30.7. The molecule has 2 unspecified atom stereocenters. The van der Waals surface area contributed by atoms with Crippen molar-refractivity contribution in [3.8, 4) is 0 Å². The summed E-state index contributed by atoms with van der Waals surface area (Å²) >= 11 is 0. The Bertz CT molecular complexity index is 320. The van der Waals surface area contributed by atoms with Crippen molar-refractivity contribution < 1.29 is 9.59 Å². The quantitative estimate of drug-likeness (QED) is 0.503. The topological polar surface area (TPSA) is 70.6 Å². The van der Waals surface area contributed by atoms with Crippen LogP contribution >= 0.6 is 0 Å². The molecule has 16 heavy (non-hydrogen) atoms. The van der Waals surface area contributed by atoms with Crippen molar-refractivity contribution in [3.05, 3.63) is 0 Å². The molecule has 1 saturated heterocycles. The van der Waals surface area contributed by atoms with Gasteiger partial charge in [-0.3, -0.25) is 20.2 Å². The van der Waals surface area contributed by atoms with E-state index in [2.05, 4.69) is 22.5 Å². The molecule has 2 amide bonds. The maximum atomic E-state index is 10.9. The molecule has 1 saturated carbocycles. The van der Waals surface area contributed by atoms with Gasteiger partial charge in [0.05, 0.1) is 6.04 Å². The fourth-order valence-electron chi connectivity index (χ4n) is 2.20. The third kappa shape index (κ3) is 2.59. The molecule has 2 aliphatic rings. The number of carbonyl (C=O) groups is 2. The molecular weight excluding hydrogens is 206 g/mol. The highest BCUT2D eigenvalue weighted by molar-refractivity contribution is 6.45. The fourth-order valence-corrected chi connectivity index (χ4v) is 2.20. The molecule has 0 aromatic heterocycles. The molecule has 1 aliphatic carbocycles. The van der Waals surface area contributed by atoms with Gasteiger partial charge in [-0.2, -0.15) is 0 Å². The largest absolute Gasteiger partial charge is 0.316 e. The summed E-state index contributed by atoms with van der Waals surface area (Å²) in [6, 6.07) is 0.235. The summed E-state index contributed by atoms with van der Waals surface area (Å²) in [6.07, 6.45) is 5.67. The minimum absolute atomic E-state index is 0.235. The lowest BCUT2D eigenvalue weighted by Gasteiger charge is -2.09. The molecule has 0 bridgehead atoms. The summed E-state index contributed by atoms with van der Waals surface area (Å²) < 4.78 is 0. The van der Waals surface area contributed by atoms with Gasteiger partial charge >= 0.3 is 11.8 Å². The Hall–Kier alpha value is -1.39. The standard InChI is InChI=1S/C11H17N3O2/c1-7-3-2-4-8(6-5-7)12-11-13-9(15)10(16)14-11/h7-8H,2-6H2,1H3,(H2,12,13,14,15,16). The number of nitrogens with one attached hydrogen (secondary N) is 2. The molecule has 88 valence electrons. The van der Waals surface area contributed by atoms with E-state index in [0.29, 0.717) is 5.96 Å². The third-order valence-electron chi connectivity index (χ3n) is 3.21. The molecule has 5 nitrogen and oxygen atoms in total. The Balaban J connectivity index is 1.96. The van der Waals surface area contributed by atoms with Crippen LogP contribution in [0.2, 0.25) is 0 Å². The zero-order chi connectivity index (χ0) is 11.5. The van der Waals surface area contributed by atoms with E-state index in [0.717, 1.165) is 18.8 Å². The highest BCUT2D eigenvalue weighted by atomic mass is 16.2. The first-order valence-corrected chi connectivity index (χ1v) is 5.85. The van der Waals surface area contributed by atoms with Gasteiger partial charge in [-0.15, -0.1) is 0 Å². The van der Waals surface area contributed by atoms with Crippen LogP contribution in [0.25, 0.3) is 0 Å². The van der Waals surface area contributed by atoms with E-state index in [1.165, 1.54) is 19.3 Å². The molecule has 2 rings (SSSR count). The predicted octanol–water partition coefficient (Wildman–Crippen LogP) is 0.557. The second-order valence-corrected chi connectivity index (χ2v) is 4.65. The second-order valence-electron chi connectivity index (χ2n) is 4.65. The number of aliphatic imine (C=N–C) groups is 1. The maximum Gasteiger partial charge on any atom is 0.316 e. The fraction of sp³-hybridized carbons (Fsp3) is 0.727. The Morgan fingerprint density at radius 1 is 1.06 bits per heavy atom. The van der Waals surface area contributed by atoms with Crippen molar-refractivity contribution in [3.63, 3.8) is 0 Å². The van der Waals surface area contributed by atoms with Gasteiger partial charge in [-0.05, 0) is 25.2 Å². The first-order chi connectivity index (χ1) is 7.65. The van der Waals surface area contributed by atoms with Gasteiger partial charge in [0.1, 0.15) is 0 Å². The Labute approximate surface area is 94.7 Å². The van der Waals surface area contributed by atoms with Gasteiger partial charge in [0.25, 0.3) is 0 Å². The zero-order valence-electron chi connectivity index (χ0n) is 9.45. The second kappa shape index (κ2) is 4.63. The molecule has 2 N–H and O–H groups in total.